The van der Waals surface area contributed by atoms with Crippen molar-refractivity contribution in [3.8, 4) is 5.75 Å². The number of ether oxygens (including phenoxy) is 2. The standard InChI is InChI=1S/C22H25NO4/c1-15(2)12-13-27-20-7-5-6-18(14-20)21(24)16(3)23-19-10-8-17(9-11-19)22(25)26-4/h5-12,14,16,23H,13H2,1-4H3. The number of hydrogen-bond donors (Lipinski definition) is 1. The van der Waals surface area contributed by atoms with Gasteiger partial charge in [0.05, 0.1) is 18.7 Å². The van der Waals surface area contributed by atoms with Gasteiger partial charge in [-0.2, -0.15) is 0 Å². The van der Waals surface area contributed by atoms with Crippen LogP contribution in [0.15, 0.2) is 60.2 Å². The molecule has 0 saturated carbocycles. The molecule has 142 valence electrons. The van der Waals surface area contributed by atoms with Crippen LogP contribution in [0.2, 0.25) is 0 Å². The number of methoxy groups -OCH3 is 1. The molecule has 0 aromatic heterocycles. The minimum atomic E-state index is -0.429. The van der Waals surface area contributed by atoms with Crippen LogP contribution in [0, 0.1) is 0 Å². The van der Waals surface area contributed by atoms with E-state index in [0.29, 0.717) is 23.5 Å². The van der Waals surface area contributed by atoms with E-state index < -0.39 is 12.0 Å². The smallest absolute Gasteiger partial charge is 0.337 e. The first-order chi connectivity index (χ1) is 12.9. The summed E-state index contributed by atoms with van der Waals surface area (Å²) in [6.45, 7) is 6.29. The highest BCUT2D eigenvalue weighted by Crippen LogP contribution is 2.17. The van der Waals surface area contributed by atoms with Crippen LogP contribution in [-0.4, -0.2) is 31.5 Å². The third-order valence-electron chi connectivity index (χ3n) is 3.94. The van der Waals surface area contributed by atoms with E-state index in [4.69, 9.17) is 4.74 Å². The molecule has 0 heterocycles. The first kappa shape index (κ1) is 20.2. The lowest BCUT2D eigenvalue weighted by molar-refractivity contribution is 0.0600. The molecule has 0 aliphatic carbocycles. The molecule has 5 heteroatoms. The summed E-state index contributed by atoms with van der Waals surface area (Å²) in [6, 6.07) is 13.5. The summed E-state index contributed by atoms with van der Waals surface area (Å²) in [7, 11) is 1.34. The van der Waals surface area contributed by atoms with E-state index in [1.807, 2.05) is 32.1 Å². The maximum Gasteiger partial charge on any atom is 0.337 e. The Kier molecular flexibility index (Phi) is 7.17. The Bertz CT molecular complexity index is 820. The van der Waals surface area contributed by atoms with Crippen LogP contribution in [0.4, 0.5) is 5.69 Å². The molecule has 0 amide bonds. The molecule has 1 N–H and O–H groups in total. The Morgan fingerprint density at radius 2 is 1.78 bits per heavy atom. The minimum absolute atomic E-state index is 0.0419. The van der Waals surface area contributed by atoms with E-state index in [1.165, 1.54) is 12.7 Å². The van der Waals surface area contributed by atoms with Crippen molar-refractivity contribution in [3.05, 3.63) is 71.3 Å². The fourth-order valence-electron chi connectivity index (χ4n) is 2.43. The molecule has 2 aromatic carbocycles. The summed E-state index contributed by atoms with van der Waals surface area (Å²) in [5, 5.41) is 3.15. The van der Waals surface area contributed by atoms with Gasteiger partial charge in [0.1, 0.15) is 12.4 Å². The predicted molar refractivity (Wildman–Crippen MR) is 107 cm³/mol. The molecule has 0 fully saturated rings. The van der Waals surface area contributed by atoms with Gasteiger partial charge in [-0.3, -0.25) is 4.79 Å². The number of esters is 1. The van der Waals surface area contributed by atoms with Crippen LogP contribution in [0.1, 0.15) is 41.5 Å². The van der Waals surface area contributed by atoms with Gasteiger partial charge < -0.3 is 14.8 Å². The van der Waals surface area contributed by atoms with Crippen LogP contribution in [-0.2, 0) is 4.74 Å². The number of nitrogens with one attached hydrogen (secondary N) is 1. The molecule has 0 saturated heterocycles. The SMILES string of the molecule is COC(=O)c1ccc(NC(C)C(=O)c2cccc(OCC=C(C)C)c2)cc1. The highest BCUT2D eigenvalue weighted by Gasteiger charge is 2.16. The molecule has 2 rings (SSSR count). The maximum absolute atomic E-state index is 12.7. The quantitative estimate of drug-likeness (QED) is 0.423. The highest BCUT2D eigenvalue weighted by molar-refractivity contribution is 6.01. The number of carbonyl (C=O) groups is 2. The molecule has 0 spiro atoms. The van der Waals surface area contributed by atoms with E-state index in [0.717, 1.165) is 5.69 Å². The van der Waals surface area contributed by atoms with Gasteiger partial charge in [-0.1, -0.05) is 17.7 Å². The number of carbonyl (C=O) groups excluding carboxylic acids is 2. The maximum atomic E-state index is 12.7. The second-order valence-corrected chi connectivity index (χ2v) is 6.42. The van der Waals surface area contributed by atoms with Gasteiger partial charge in [-0.25, -0.2) is 4.79 Å². The Labute approximate surface area is 160 Å². The van der Waals surface area contributed by atoms with Crippen molar-refractivity contribution < 1.29 is 19.1 Å². The van der Waals surface area contributed by atoms with E-state index in [1.54, 1.807) is 43.3 Å². The summed E-state index contributed by atoms with van der Waals surface area (Å²) in [6.07, 6.45) is 1.98. The van der Waals surface area contributed by atoms with Gasteiger partial charge in [0.2, 0.25) is 0 Å². The molecule has 0 radical (unpaired) electrons. The second-order valence-electron chi connectivity index (χ2n) is 6.42. The first-order valence-corrected chi connectivity index (χ1v) is 8.76. The summed E-state index contributed by atoms with van der Waals surface area (Å²) >= 11 is 0. The number of anilines is 1. The van der Waals surface area contributed by atoms with Crippen LogP contribution in [0.25, 0.3) is 0 Å². The van der Waals surface area contributed by atoms with E-state index in [2.05, 4.69) is 10.1 Å². The van der Waals surface area contributed by atoms with Crippen molar-refractivity contribution in [3.63, 3.8) is 0 Å². The van der Waals surface area contributed by atoms with Crippen molar-refractivity contribution >= 4 is 17.4 Å². The lowest BCUT2D eigenvalue weighted by atomic mass is 10.0. The molecule has 0 aliphatic rings. The first-order valence-electron chi connectivity index (χ1n) is 8.76. The normalized spacial score (nSPS) is 11.3. The van der Waals surface area contributed by atoms with Crippen molar-refractivity contribution in [2.75, 3.05) is 19.0 Å². The summed E-state index contributed by atoms with van der Waals surface area (Å²) < 4.78 is 10.3. The van der Waals surface area contributed by atoms with Crippen molar-refractivity contribution in [2.24, 2.45) is 0 Å². The number of allylic oxidation sites excluding steroid dienone is 1. The van der Waals surface area contributed by atoms with Crippen LogP contribution < -0.4 is 10.1 Å². The largest absolute Gasteiger partial charge is 0.490 e. The van der Waals surface area contributed by atoms with Gasteiger partial charge in [-0.05, 0) is 63.2 Å². The average Bonchev–Trinajstić information content (AvgIpc) is 2.67. The van der Waals surface area contributed by atoms with Crippen molar-refractivity contribution in [2.45, 2.75) is 26.8 Å². The minimum Gasteiger partial charge on any atom is -0.490 e. The molecule has 1 unspecified atom stereocenters. The zero-order valence-electron chi connectivity index (χ0n) is 16.1. The van der Waals surface area contributed by atoms with E-state index in [9.17, 15) is 9.59 Å². The molecule has 1 atom stereocenters. The highest BCUT2D eigenvalue weighted by atomic mass is 16.5. The summed E-state index contributed by atoms with van der Waals surface area (Å²) in [4.78, 5) is 24.2. The van der Waals surface area contributed by atoms with Crippen LogP contribution in [0.3, 0.4) is 0 Å². The zero-order valence-corrected chi connectivity index (χ0v) is 16.1. The van der Waals surface area contributed by atoms with Gasteiger partial charge in [0.25, 0.3) is 0 Å². The van der Waals surface area contributed by atoms with Crippen molar-refractivity contribution in [1.82, 2.24) is 0 Å². The molecular formula is C22H25NO4. The number of Topliss-reactive ketones (excluding diaryl/α,β-unsaturated/α-hetero) is 1. The Hall–Kier alpha value is -3.08. The predicted octanol–water partition coefficient (Wildman–Crippen LogP) is 4.50. The van der Waals surface area contributed by atoms with Gasteiger partial charge in [0, 0.05) is 11.3 Å². The Morgan fingerprint density at radius 1 is 1.07 bits per heavy atom. The third-order valence-corrected chi connectivity index (χ3v) is 3.94. The lowest BCUT2D eigenvalue weighted by Crippen LogP contribution is -2.26. The third kappa shape index (κ3) is 5.99. The number of ketones is 1. The Morgan fingerprint density at radius 3 is 2.41 bits per heavy atom. The lowest BCUT2D eigenvalue weighted by Gasteiger charge is -2.15. The fraction of sp³-hybridized carbons (Fsp3) is 0.273. The van der Waals surface area contributed by atoms with E-state index in [-0.39, 0.29) is 5.78 Å². The van der Waals surface area contributed by atoms with Gasteiger partial charge in [0.15, 0.2) is 5.78 Å². The Balaban J connectivity index is 2.02. The van der Waals surface area contributed by atoms with E-state index >= 15 is 0 Å². The monoisotopic (exact) mass is 367 g/mol. The molecule has 5 nitrogen and oxygen atoms in total. The zero-order chi connectivity index (χ0) is 19.8. The number of hydrogen-bond acceptors (Lipinski definition) is 5. The van der Waals surface area contributed by atoms with Crippen molar-refractivity contribution in [1.29, 1.82) is 0 Å². The summed E-state index contributed by atoms with van der Waals surface area (Å²) in [5.41, 5.74) is 2.97. The topological polar surface area (TPSA) is 64.6 Å². The fourth-order valence-corrected chi connectivity index (χ4v) is 2.43. The molecule has 0 aliphatic heterocycles. The molecule has 0 bridgehead atoms. The number of rotatable bonds is 8. The molecular weight excluding hydrogens is 342 g/mol. The average molecular weight is 367 g/mol. The summed E-state index contributed by atoms with van der Waals surface area (Å²) in [5.74, 6) is 0.225. The second kappa shape index (κ2) is 9.57. The van der Waals surface area contributed by atoms with Gasteiger partial charge >= 0.3 is 5.97 Å². The van der Waals surface area contributed by atoms with Gasteiger partial charge in [-0.15, -0.1) is 0 Å². The molecule has 2 aromatic rings. The van der Waals surface area contributed by atoms with Crippen LogP contribution in [0.5, 0.6) is 5.75 Å². The number of benzene rings is 2. The molecule has 27 heavy (non-hydrogen) atoms. The van der Waals surface area contributed by atoms with Crippen LogP contribution >= 0.6 is 0 Å².